The topological polar surface area (TPSA) is 37.8 Å². The molecule has 13 heavy (non-hydrogen) atoms. The fraction of sp³-hybridized carbons (Fsp3) is 0.500. The highest BCUT2D eigenvalue weighted by atomic mass is 35.5. The van der Waals surface area contributed by atoms with Crippen LogP contribution in [0.5, 0.6) is 0 Å². The van der Waals surface area contributed by atoms with Crippen molar-refractivity contribution >= 4 is 29.9 Å². The second-order valence-electron chi connectivity index (χ2n) is 2.75. The number of halogens is 1. The number of hydrogen-bond acceptors (Lipinski definition) is 4. The number of fused-ring (bicyclic) bond motifs is 1. The first-order chi connectivity index (χ1) is 5.90. The van der Waals surface area contributed by atoms with Gasteiger partial charge < -0.3 is 5.32 Å². The molecule has 72 valence electrons. The molecular formula is C8H12ClN3S. The molecule has 2 rings (SSSR count). The minimum atomic E-state index is 0. The van der Waals surface area contributed by atoms with Gasteiger partial charge in [-0.05, 0) is 19.1 Å². The van der Waals surface area contributed by atoms with Crippen LogP contribution in [-0.4, -0.2) is 22.8 Å². The normalized spacial score (nSPS) is 13.9. The summed E-state index contributed by atoms with van der Waals surface area (Å²) >= 11 is 1.59. The van der Waals surface area contributed by atoms with Crippen LogP contribution in [-0.2, 0) is 6.42 Å². The van der Waals surface area contributed by atoms with Crippen molar-refractivity contribution in [3.05, 3.63) is 11.9 Å². The molecule has 0 unspecified atom stereocenters. The first kappa shape index (κ1) is 10.6. The monoisotopic (exact) mass is 217 g/mol. The van der Waals surface area contributed by atoms with Crippen molar-refractivity contribution in [2.45, 2.75) is 18.0 Å². The highest BCUT2D eigenvalue weighted by Gasteiger charge is 2.10. The Balaban J connectivity index is 0.000000845. The van der Waals surface area contributed by atoms with E-state index in [-0.39, 0.29) is 12.4 Å². The van der Waals surface area contributed by atoms with Gasteiger partial charge in [0.15, 0.2) is 5.16 Å². The number of anilines is 1. The SMILES string of the molecule is CSc1ncc2c(n1)CCCN2.Cl. The van der Waals surface area contributed by atoms with E-state index in [1.165, 1.54) is 12.1 Å². The van der Waals surface area contributed by atoms with Crippen LogP contribution in [0.4, 0.5) is 5.69 Å². The van der Waals surface area contributed by atoms with E-state index in [4.69, 9.17) is 0 Å². The second-order valence-corrected chi connectivity index (χ2v) is 3.52. The molecule has 0 spiro atoms. The van der Waals surface area contributed by atoms with Gasteiger partial charge in [0.25, 0.3) is 0 Å². The zero-order valence-corrected chi connectivity index (χ0v) is 9.04. The van der Waals surface area contributed by atoms with Gasteiger partial charge in [0, 0.05) is 6.54 Å². The van der Waals surface area contributed by atoms with Crippen molar-refractivity contribution < 1.29 is 0 Å². The summed E-state index contributed by atoms with van der Waals surface area (Å²) in [5, 5.41) is 4.15. The van der Waals surface area contributed by atoms with Gasteiger partial charge in [0.2, 0.25) is 0 Å². The van der Waals surface area contributed by atoms with Gasteiger partial charge in [-0.1, -0.05) is 11.8 Å². The summed E-state index contributed by atoms with van der Waals surface area (Å²) in [6, 6.07) is 0. The Morgan fingerprint density at radius 1 is 1.54 bits per heavy atom. The smallest absolute Gasteiger partial charge is 0.187 e. The molecule has 0 radical (unpaired) electrons. The molecule has 1 aliphatic rings. The van der Waals surface area contributed by atoms with Gasteiger partial charge in [-0.3, -0.25) is 0 Å². The quantitative estimate of drug-likeness (QED) is 0.577. The molecule has 3 nitrogen and oxygen atoms in total. The van der Waals surface area contributed by atoms with Crippen LogP contribution in [0.2, 0.25) is 0 Å². The van der Waals surface area contributed by atoms with E-state index in [0.29, 0.717) is 0 Å². The van der Waals surface area contributed by atoms with Crippen molar-refractivity contribution in [2.24, 2.45) is 0 Å². The Kier molecular flexibility index (Phi) is 3.81. The van der Waals surface area contributed by atoms with E-state index in [1.807, 2.05) is 12.5 Å². The van der Waals surface area contributed by atoms with Crippen molar-refractivity contribution in [2.75, 3.05) is 18.1 Å². The van der Waals surface area contributed by atoms with E-state index in [2.05, 4.69) is 15.3 Å². The molecule has 0 saturated carbocycles. The largest absolute Gasteiger partial charge is 0.382 e. The molecule has 1 aliphatic heterocycles. The van der Waals surface area contributed by atoms with Gasteiger partial charge in [-0.2, -0.15) is 0 Å². The van der Waals surface area contributed by atoms with Crippen molar-refractivity contribution in [3.8, 4) is 0 Å². The molecule has 1 aromatic heterocycles. The van der Waals surface area contributed by atoms with Gasteiger partial charge >= 0.3 is 0 Å². The average molecular weight is 218 g/mol. The highest BCUT2D eigenvalue weighted by molar-refractivity contribution is 7.98. The Morgan fingerprint density at radius 2 is 2.38 bits per heavy atom. The molecule has 5 heteroatoms. The third-order valence-electron chi connectivity index (χ3n) is 1.93. The summed E-state index contributed by atoms with van der Waals surface area (Å²) in [4.78, 5) is 8.62. The minimum Gasteiger partial charge on any atom is -0.382 e. The predicted octanol–water partition coefficient (Wildman–Crippen LogP) is 1.98. The summed E-state index contributed by atoms with van der Waals surface area (Å²) in [6.45, 7) is 1.05. The maximum absolute atomic E-state index is 4.42. The van der Waals surface area contributed by atoms with Gasteiger partial charge in [0.05, 0.1) is 17.6 Å². The van der Waals surface area contributed by atoms with Crippen LogP contribution in [0.3, 0.4) is 0 Å². The Morgan fingerprint density at radius 3 is 3.15 bits per heavy atom. The van der Waals surface area contributed by atoms with Crippen LogP contribution >= 0.6 is 24.2 Å². The molecule has 0 bridgehead atoms. The number of hydrogen-bond donors (Lipinski definition) is 1. The van der Waals surface area contributed by atoms with Gasteiger partial charge in [-0.15, -0.1) is 12.4 Å². The zero-order chi connectivity index (χ0) is 8.39. The lowest BCUT2D eigenvalue weighted by atomic mass is 10.1. The summed E-state index contributed by atoms with van der Waals surface area (Å²) in [5.74, 6) is 0. The van der Waals surface area contributed by atoms with E-state index in [0.717, 1.165) is 23.8 Å². The molecule has 0 atom stereocenters. The molecule has 0 aliphatic carbocycles. The summed E-state index contributed by atoms with van der Waals surface area (Å²) < 4.78 is 0. The zero-order valence-electron chi connectivity index (χ0n) is 7.41. The molecule has 0 aromatic carbocycles. The Labute approximate surface area is 88.2 Å². The number of nitrogens with one attached hydrogen (secondary N) is 1. The highest BCUT2D eigenvalue weighted by Crippen LogP contribution is 2.20. The maximum Gasteiger partial charge on any atom is 0.187 e. The van der Waals surface area contributed by atoms with Crippen LogP contribution in [0.15, 0.2) is 11.4 Å². The number of aryl methyl sites for hydroxylation is 1. The first-order valence-corrected chi connectivity index (χ1v) is 5.26. The van der Waals surface area contributed by atoms with E-state index in [9.17, 15) is 0 Å². The van der Waals surface area contributed by atoms with Crippen molar-refractivity contribution in [1.82, 2.24) is 9.97 Å². The molecule has 1 aromatic rings. The molecule has 0 fully saturated rings. The fourth-order valence-corrected chi connectivity index (χ4v) is 1.67. The van der Waals surface area contributed by atoms with Crippen molar-refractivity contribution in [1.29, 1.82) is 0 Å². The number of aromatic nitrogens is 2. The Hall–Kier alpha value is -0.480. The fourth-order valence-electron chi connectivity index (χ4n) is 1.31. The Bertz CT molecular complexity index is 293. The minimum absolute atomic E-state index is 0. The van der Waals surface area contributed by atoms with E-state index >= 15 is 0 Å². The number of rotatable bonds is 1. The van der Waals surface area contributed by atoms with Gasteiger partial charge in [0.1, 0.15) is 0 Å². The van der Waals surface area contributed by atoms with Crippen LogP contribution in [0.1, 0.15) is 12.1 Å². The summed E-state index contributed by atoms with van der Waals surface area (Å²) in [5.41, 5.74) is 2.28. The van der Waals surface area contributed by atoms with Gasteiger partial charge in [-0.25, -0.2) is 9.97 Å². The average Bonchev–Trinajstić information content (AvgIpc) is 2.17. The van der Waals surface area contributed by atoms with Crippen LogP contribution in [0, 0.1) is 0 Å². The number of thioether (sulfide) groups is 1. The van der Waals surface area contributed by atoms with E-state index < -0.39 is 0 Å². The first-order valence-electron chi connectivity index (χ1n) is 4.04. The predicted molar refractivity (Wildman–Crippen MR) is 57.9 cm³/mol. The molecule has 1 N–H and O–H groups in total. The third kappa shape index (κ3) is 2.25. The lowest BCUT2D eigenvalue weighted by Gasteiger charge is -2.16. The van der Waals surface area contributed by atoms with Crippen LogP contribution < -0.4 is 5.32 Å². The number of nitrogens with zero attached hydrogens (tertiary/aromatic N) is 2. The molecule has 0 amide bonds. The molecule has 2 heterocycles. The summed E-state index contributed by atoms with van der Waals surface area (Å²) in [6.07, 6.45) is 6.14. The van der Waals surface area contributed by atoms with Crippen LogP contribution in [0.25, 0.3) is 0 Å². The third-order valence-corrected chi connectivity index (χ3v) is 2.50. The standard InChI is InChI=1S/C8H11N3S.ClH/c1-12-8-10-5-7-6(11-8)3-2-4-9-7;/h5,9H,2-4H2,1H3;1H. The lowest BCUT2D eigenvalue weighted by molar-refractivity contribution is 0.767. The lowest BCUT2D eigenvalue weighted by Crippen LogP contribution is -2.13. The molecular weight excluding hydrogens is 206 g/mol. The maximum atomic E-state index is 4.42. The van der Waals surface area contributed by atoms with E-state index in [1.54, 1.807) is 11.8 Å². The summed E-state index contributed by atoms with van der Waals surface area (Å²) in [7, 11) is 0. The van der Waals surface area contributed by atoms with Crippen molar-refractivity contribution in [3.63, 3.8) is 0 Å². The molecule has 0 saturated heterocycles. The second kappa shape index (κ2) is 4.67.